The number of rotatable bonds is 7. The van der Waals surface area contributed by atoms with E-state index in [1.807, 2.05) is 48.7 Å². The van der Waals surface area contributed by atoms with Crippen molar-refractivity contribution in [2.24, 2.45) is 16.9 Å². The lowest BCUT2D eigenvalue weighted by Crippen LogP contribution is -2.44. The van der Waals surface area contributed by atoms with Crippen molar-refractivity contribution in [3.05, 3.63) is 78.6 Å². The number of carbonyl (C=O) groups excluding carboxylic acids is 2. The third-order valence-corrected chi connectivity index (χ3v) is 7.96. The van der Waals surface area contributed by atoms with Crippen LogP contribution in [0.15, 0.2) is 73.1 Å². The van der Waals surface area contributed by atoms with Crippen molar-refractivity contribution in [2.75, 3.05) is 38.1 Å². The number of hydrogen-bond acceptors (Lipinski definition) is 7. The topological polar surface area (TPSA) is 128 Å². The van der Waals surface area contributed by atoms with Crippen molar-refractivity contribution in [1.82, 2.24) is 14.9 Å². The van der Waals surface area contributed by atoms with E-state index in [9.17, 15) is 9.59 Å². The maximum Gasteiger partial charge on any atom is 0.233 e. The second-order valence-corrected chi connectivity index (χ2v) is 10.4. The van der Waals surface area contributed by atoms with E-state index in [2.05, 4.69) is 45.0 Å². The molecule has 1 saturated heterocycles. The Morgan fingerprint density at radius 3 is 2.23 bits per heavy atom. The number of ether oxygens (including phenoxy) is 1. The summed E-state index contributed by atoms with van der Waals surface area (Å²) in [5.74, 6) is 0.652. The fraction of sp³-hybridized carbons (Fsp3) is 0.267. The van der Waals surface area contributed by atoms with Crippen LogP contribution < -0.4 is 21.1 Å². The Labute approximate surface area is 238 Å². The van der Waals surface area contributed by atoms with Crippen LogP contribution in [0.5, 0.6) is 11.5 Å². The maximum atomic E-state index is 11.8. The van der Waals surface area contributed by atoms with Gasteiger partial charge in [-0.1, -0.05) is 18.2 Å². The van der Waals surface area contributed by atoms with Gasteiger partial charge in [0.1, 0.15) is 22.7 Å². The molecule has 2 amide bonds. The van der Waals surface area contributed by atoms with E-state index in [0.717, 1.165) is 59.6 Å². The van der Waals surface area contributed by atoms with E-state index in [-0.39, 0.29) is 18.3 Å². The molecule has 4 aromatic rings. The number of primary amides is 2. The maximum absolute atomic E-state index is 11.8. The molecule has 1 atom stereocenters. The zero-order valence-corrected chi connectivity index (χ0v) is 22.9. The molecule has 1 aliphatic carbocycles. The highest BCUT2D eigenvalue weighted by Crippen LogP contribution is 2.59. The average Bonchev–Trinajstić information content (AvgIpc) is 3.72. The number of nitrogens with two attached hydrogens (primary N) is 2. The summed E-state index contributed by atoms with van der Waals surface area (Å²) in [7, 11) is 2.14. The molecule has 2 aromatic heterocycles. The van der Waals surface area contributed by atoms with Crippen molar-refractivity contribution in [3.8, 4) is 22.6 Å². The number of piperazine rings is 1. The Hall–Kier alpha value is -4.21. The zero-order valence-electron chi connectivity index (χ0n) is 22.1. The van der Waals surface area contributed by atoms with Gasteiger partial charge in [-0.05, 0) is 72.6 Å². The second kappa shape index (κ2) is 10.7. The molecule has 4 N–H and O–H groups in total. The second-order valence-electron chi connectivity index (χ2n) is 10.4. The molecule has 0 bridgehead atoms. The number of nitrogens with zero attached hydrogens (tertiary/aromatic N) is 4. The molecular formula is C30H31ClN6O3. The van der Waals surface area contributed by atoms with Gasteiger partial charge >= 0.3 is 0 Å². The molecule has 0 spiro atoms. The number of pyridine rings is 2. The zero-order chi connectivity index (χ0) is 27.1. The Balaban J connectivity index is 0.00000323. The molecule has 2 aliphatic rings. The molecule has 3 heterocycles. The normalized spacial score (nSPS) is 18.1. The molecular weight excluding hydrogens is 528 g/mol. The third-order valence-electron chi connectivity index (χ3n) is 7.96. The summed E-state index contributed by atoms with van der Waals surface area (Å²) in [4.78, 5) is 37.5. The highest BCUT2D eigenvalue weighted by atomic mass is 35.5. The summed E-state index contributed by atoms with van der Waals surface area (Å²) < 4.78 is 6.20. The summed E-state index contributed by atoms with van der Waals surface area (Å²) in [5, 5.41) is 0.891. The van der Waals surface area contributed by atoms with Crippen molar-refractivity contribution in [1.29, 1.82) is 0 Å². The third kappa shape index (κ3) is 4.94. The Morgan fingerprint density at radius 1 is 0.875 bits per heavy atom. The van der Waals surface area contributed by atoms with Crippen LogP contribution in [0.2, 0.25) is 0 Å². The van der Waals surface area contributed by atoms with Crippen LogP contribution in [0.1, 0.15) is 17.9 Å². The van der Waals surface area contributed by atoms with Crippen LogP contribution in [0.4, 0.5) is 5.82 Å². The molecule has 1 saturated carbocycles. The molecule has 1 aliphatic heterocycles. The highest BCUT2D eigenvalue weighted by molar-refractivity contribution is 6.08. The van der Waals surface area contributed by atoms with Crippen molar-refractivity contribution in [2.45, 2.75) is 12.3 Å². The minimum Gasteiger partial charge on any atom is -0.457 e. The van der Waals surface area contributed by atoms with Gasteiger partial charge in [-0.2, -0.15) is 0 Å². The van der Waals surface area contributed by atoms with Crippen LogP contribution in [0.25, 0.3) is 22.0 Å². The van der Waals surface area contributed by atoms with Gasteiger partial charge in [0.2, 0.25) is 11.8 Å². The van der Waals surface area contributed by atoms with Crippen molar-refractivity contribution < 1.29 is 14.3 Å². The van der Waals surface area contributed by atoms with Gasteiger partial charge in [0.05, 0.1) is 5.52 Å². The molecule has 2 aromatic carbocycles. The molecule has 2 fully saturated rings. The number of aromatic nitrogens is 2. The van der Waals surface area contributed by atoms with Gasteiger partial charge < -0.3 is 26.0 Å². The van der Waals surface area contributed by atoms with E-state index in [1.54, 1.807) is 6.20 Å². The fourth-order valence-corrected chi connectivity index (χ4v) is 5.42. The molecule has 0 radical (unpaired) electrons. The molecule has 6 rings (SSSR count). The summed E-state index contributed by atoms with van der Waals surface area (Å²) >= 11 is 0. The number of benzene rings is 2. The van der Waals surface area contributed by atoms with Gasteiger partial charge in [-0.3, -0.25) is 14.6 Å². The van der Waals surface area contributed by atoms with Crippen LogP contribution in [-0.2, 0) is 9.59 Å². The number of anilines is 1. The molecule has 206 valence electrons. The molecule has 9 nitrogen and oxygen atoms in total. The minimum absolute atomic E-state index is 0. The van der Waals surface area contributed by atoms with Crippen molar-refractivity contribution in [3.63, 3.8) is 0 Å². The Bertz CT molecular complexity index is 1560. The number of amides is 2. The molecule has 10 heteroatoms. The smallest absolute Gasteiger partial charge is 0.233 e. The highest BCUT2D eigenvalue weighted by Gasteiger charge is 2.64. The van der Waals surface area contributed by atoms with E-state index in [4.69, 9.17) is 16.2 Å². The molecule has 1 unspecified atom stereocenters. The van der Waals surface area contributed by atoms with Crippen LogP contribution in [0.3, 0.4) is 0 Å². The summed E-state index contributed by atoms with van der Waals surface area (Å²) in [5.41, 5.74) is 13.4. The average molecular weight is 559 g/mol. The van der Waals surface area contributed by atoms with Gasteiger partial charge in [0.15, 0.2) is 0 Å². The predicted molar refractivity (Wildman–Crippen MR) is 157 cm³/mol. The SMILES string of the molecule is CN1CCN(c2cc(-c3ccc4c(Oc5ccc(C6CC6(C(N)=O)C(N)=O)cc5)ccnc4c3)ccn2)CC1.Cl. The number of carbonyl (C=O) groups is 2. The van der Waals surface area contributed by atoms with E-state index < -0.39 is 17.2 Å². The van der Waals surface area contributed by atoms with Gasteiger partial charge in [0, 0.05) is 49.9 Å². The summed E-state index contributed by atoms with van der Waals surface area (Å²) in [6.07, 6.45) is 3.93. The molecule has 40 heavy (non-hydrogen) atoms. The fourth-order valence-electron chi connectivity index (χ4n) is 5.42. The first kappa shape index (κ1) is 27.4. The first-order chi connectivity index (χ1) is 18.8. The van der Waals surface area contributed by atoms with E-state index >= 15 is 0 Å². The standard InChI is InChI=1S/C30H30N6O3.ClH/c1-35-12-14-36(15-13-35)27-17-21(8-10-34-27)20-4-7-23-25(16-20)33-11-9-26(23)39-22-5-2-19(3-6-22)24-18-30(24,28(31)37)29(32)38;/h2-11,16-17,24H,12-15,18H2,1H3,(H2,31,37)(H2,32,38);1H. The van der Waals surface area contributed by atoms with Gasteiger partial charge in [-0.15, -0.1) is 12.4 Å². The Morgan fingerprint density at radius 2 is 1.55 bits per heavy atom. The van der Waals surface area contributed by atoms with Crippen molar-refractivity contribution >= 4 is 40.9 Å². The quantitative estimate of drug-likeness (QED) is 0.331. The van der Waals surface area contributed by atoms with Crippen LogP contribution >= 0.6 is 12.4 Å². The van der Waals surface area contributed by atoms with Crippen LogP contribution in [0, 0.1) is 5.41 Å². The summed E-state index contributed by atoms with van der Waals surface area (Å²) in [6, 6.07) is 19.5. The monoisotopic (exact) mass is 558 g/mol. The Kier molecular flexibility index (Phi) is 7.35. The van der Waals surface area contributed by atoms with Gasteiger partial charge in [0.25, 0.3) is 0 Å². The number of hydrogen-bond donors (Lipinski definition) is 2. The first-order valence-electron chi connectivity index (χ1n) is 13.0. The van der Waals surface area contributed by atoms with Crippen LogP contribution in [-0.4, -0.2) is 59.9 Å². The van der Waals surface area contributed by atoms with E-state index in [1.165, 1.54) is 0 Å². The lowest BCUT2D eigenvalue weighted by Gasteiger charge is -2.33. The number of fused-ring (bicyclic) bond motifs is 1. The number of halogens is 1. The lowest BCUT2D eigenvalue weighted by molar-refractivity contribution is -0.133. The first-order valence-corrected chi connectivity index (χ1v) is 13.0. The largest absolute Gasteiger partial charge is 0.457 e. The predicted octanol–water partition coefficient (Wildman–Crippen LogP) is 3.71. The van der Waals surface area contributed by atoms with E-state index in [0.29, 0.717) is 17.9 Å². The number of likely N-dealkylation sites (N-methyl/N-ethyl adjacent to an activating group) is 1. The van der Waals surface area contributed by atoms with Gasteiger partial charge in [-0.25, -0.2) is 4.98 Å². The lowest BCUT2D eigenvalue weighted by atomic mass is 9.97. The minimum atomic E-state index is -1.29. The summed E-state index contributed by atoms with van der Waals surface area (Å²) in [6.45, 7) is 3.98.